The van der Waals surface area contributed by atoms with E-state index in [1.165, 1.54) is 32.4 Å². The summed E-state index contributed by atoms with van der Waals surface area (Å²) in [6, 6.07) is 7.39. The summed E-state index contributed by atoms with van der Waals surface area (Å²) >= 11 is 0. The van der Waals surface area contributed by atoms with E-state index in [1.54, 1.807) is 6.07 Å². The maximum atomic E-state index is 12.9. The van der Waals surface area contributed by atoms with Crippen molar-refractivity contribution >= 4 is 11.7 Å². The molecule has 9 heteroatoms. The van der Waals surface area contributed by atoms with E-state index in [0.717, 1.165) is 12.1 Å². The topological polar surface area (TPSA) is 76.1 Å². The van der Waals surface area contributed by atoms with Crippen LogP contribution in [0.2, 0.25) is 0 Å². The van der Waals surface area contributed by atoms with Gasteiger partial charge in [0.15, 0.2) is 5.69 Å². The molecule has 1 aromatic heterocycles. The highest BCUT2D eigenvalue weighted by Crippen LogP contribution is 2.31. The van der Waals surface area contributed by atoms with E-state index in [2.05, 4.69) is 20.8 Å². The fourth-order valence-corrected chi connectivity index (χ4v) is 2.16. The Balaban J connectivity index is 2.22. The van der Waals surface area contributed by atoms with Crippen LogP contribution < -0.4 is 10.6 Å². The Morgan fingerprint density at radius 1 is 1.24 bits per heavy atom. The van der Waals surface area contributed by atoms with E-state index >= 15 is 0 Å². The quantitative estimate of drug-likeness (QED) is 0.834. The van der Waals surface area contributed by atoms with Crippen molar-refractivity contribution in [2.75, 3.05) is 26.1 Å². The highest BCUT2D eigenvalue weighted by Gasteiger charge is 2.31. The van der Waals surface area contributed by atoms with Gasteiger partial charge in [-0.15, -0.1) is 10.2 Å². The van der Waals surface area contributed by atoms with Crippen molar-refractivity contribution in [3.05, 3.63) is 53.2 Å². The number of hydrogen-bond acceptors (Lipinski definition) is 5. The highest BCUT2D eigenvalue weighted by atomic mass is 19.4. The average Bonchev–Trinajstić information content (AvgIpc) is 2.60. The average molecular weight is 354 g/mol. The van der Waals surface area contributed by atoms with Crippen molar-refractivity contribution in [3.8, 4) is 0 Å². The van der Waals surface area contributed by atoms with E-state index < -0.39 is 17.8 Å². The first kappa shape index (κ1) is 18.7. The summed E-state index contributed by atoms with van der Waals surface area (Å²) in [5, 5.41) is 13.0. The predicted octanol–water partition coefficient (Wildman–Crippen LogP) is 2.65. The number of nitrogens with one attached hydrogen (secondary N) is 2. The molecular formula is C16H17F3N4O2. The lowest BCUT2D eigenvalue weighted by molar-refractivity contribution is -0.137. The molecule has 6 nitrogen and oxygen atoms in total. The number of ether oxygens (including phenoxy) is 1. The third-order valence-corrected chi connectivity index (χ3v) is 3.40. The van der Waals surface area contributed by atoms with Crippen molar-refractivity contribution in [1.82, 2.24) is 15.5 Å². The molecule has 134 valence electrons. The van der Waals surface area contributed by atoms with E-state index in [0.29, 0.717) is 11.4 Å². The van der Waals surface area contributed by atoms with Gasteiger partial charge in [0.25, 0.3) is 5.91 Å². The van der Waals surface area contributed by atoms with Crippen molar-refractivity contribution in [2.45, 2.75) is 12.2 Å². The first-order valence-electron chi connectivity index (χ1n) is 7.33. The van der Waals surface area contributed by atoms with Crippen LogP contribution in [0, 0.1) is 0 Å². The zero-order valence-electron chi connectivity index (χ0n) is 13.6. The van der Waals surface area contributed by atoms with Gasteiger partial charge in [0.05, 0.1) is 18.2 Å². The van der Waals surface area contributed by atoms with Crippen molar-refractivity contribution in [3.63, 3.8) is 0 Å². The molecule has 1 amide bonds. The summed E-state index contributed by atoms with van der Waals surface area (Å²) in [5.74, 6) is -0.0718. The summed E-state index contributed by atoms with van der Waals surface area (Å²) in [6.45, 7) is 0.125. The van der Waals surface area contributed by atoms with Gasteiger partial charge in [-0.2, -0.15) is 13.2 Å². The van der Waals surface area contributed by atoms with E-state index in [4.69, 9.17) is 4.74 Å². The van der Waals surface area contributed by atoms with Crippen LogP contribution in [0.15, 0.2) is 36.4 Å². The summed E-state index contributed by atoms with van der Waals surface area (Å²) in [6.07, 6.45) is -4.43. The van der Waals surface area contributed by atoms with E-state index in [9.17, 15) is 18.0 Å². The molecule has 0 aliphatic rings. The molecule has 0 saturated carbocycles. The minimum absolute atomic E-state index is 0.125. The van der Waals surface area contributed by atoms with Crippen LogP contribution in [-0.2, 0) is 10.9 Å². The Hall–Kier alpha value is -2.68. The van der Waals surface area contributed by atoms with Gasteiger partial charge < -0.3 is 15.4 Å². The van der Waals surface area contributed by atoms with Crippen molar-refractivity contribution in [1.29, 1.82) is 0 Å². The maximum absolute atomic E-state index is 12.9. The van der Waals surface area contributed by atoms with E-state index in [1.807, 2.05) is 0 Å². The molecule has 0 fully saturated rings. The molecule has 1 atom stereocenters. The molecule has 0 radical (unpaired) electrons. The molecule has 2 rings (SSSR count). The summed E-state index contributed by atoms with van der Waals surface area (Å²) < 4.78 is 43.7. The standard InChI is InChI=1S/C16H17F3N4O2/c1-20-15(24)12-6-7-14(23-22-12)21-13(9-25-2)10-4-3-5-11(8-10)16(17,18)19/h3-8,13H,9H2,1-2H3,(H,20,24)(H,21,23). The Bertz CT molecular complexity index is 720. The Labute approximate surface area is 142 Å². The molecule has 25 heavy (non-hydrogen) atoms. The van der Waals surface area contributed by atoms with Crippen LogP contribution in [0.3, 0.4) is 0 Å². The minimum atomic E-state index is -4.43. The summed E-state index contributed by atoms with van der Waals surface area (Å²) in [5.41, 5.74) is -0.210. The summed E-state index contributed by atoms with van der Waals surface area (Å²) in [4.78, 5) is 11.4. The second-order valence-corrected chi connectivity index (χ2v) is 5.16. The number of aromatic nitrogens is 2. The number of hydrogen-bond donors (Lipinski definition) is 2. The van der Waals surface area contributed by atoms with Crippen LogP contribution in [0.4, 0.5) is 19.0 Å². The summed E-state index contributed by atoms with van der Waals surface area (Å²) in [7, 11) is 2.92. The first-order valence-corrected chi connectivity index (χ1v) is 7.33. The molecule has 0 saturated heterocycles. The zero-order chi connectivity index (χ0) is 18.4. The third kappa shape index (κ3) is 4.90. The molecule has 2 N–H and O–H groups in total. The molecule has 1 heterocycles. The van der Waals surface area contributed by atoms with Crippen molar-refractivity contribution in [2.24, 2.45) is 0 Å². The van der Waals surface area contributed by atoms with Crippen LogP contribution in [0.1, 0.15) is 27.7 Å². The highest BCUT2D eigenvalue weighted by molar-refractivity contribution is 5.91. The molecule has 0 spiro atoms. The second kappa shape index (κ2) is 7.93. The lowest BCUT2D eigenvalue weighted by Crippen LogP contribution is -2.21. The number of rotatable bonds is 6. The number of halogens is 3. The molecule has 0 aliphatic carbocycles. The number of methoxy groups -OCH3 is 1. The number of alkyl halides is 3. The maximum Gasteiger partial charge on any atom is 0.416 e. The smallest absolute Gasteiger partial charge is 0.382 e. The van der Waals surface area contributed by atoms with Crippen LogP contribution in [-0.4, -0.2) is 36.9 Å². The predicted molar refractivity (Wildman–Crippen MR) is 85.1 cm³/mol. The fraction of sp³-hybridized carbons (Fsp3) is 0.312. The van der Waals surface area contributed by atoms with Crippen LogP contribution >= 0.6 is 0 Å². The second-order valence-electron chi connectivity index (χ2n) is 5.16. The molecule has 2 aromatic rings. The monoisotopic (exact) mass is 354 g/mol. The zero-order valence-corrected chi connectivity index (χ0v) is 13.6. The molecule has 0 bridgehead atoms. The van der Waals surface area contributed by atoms with Gasteiger partial charge in [-0.05, 0) is 29.8 Å². The Morgan fingerprint density at radius 3 is 2.56 bits per heavy atom. The van der Waals surface area contributed by atoms with Gasteiger partial charge in [0, 0.05) is 14.2 Å². The third-order valence-electron chi connectivity index (χ3n) is 3.40. The molecule has 0 aliphatic heterocycles. The van der Waals surface area contributed by atoms with E-state index in [-0.39, 0.29) is 18.2 Å². The minimum Gasteiger partial charge on any atom is -0.382 e. The van der Waals surface area contributed by atoms with Gasteiger partial charge in [-0.3, -0.25) is 4.79 Å². The largest absolute Gasteiger partial charge is 0.416 e. The Kier molecular flexibility index (Phi) is 5.92. The van der Waals surface area contributed by atoms with Crippen molar-refractivity contribution < 1.29 is 22.7 Å². The Morgan fingerprint density at radius 2 is 2.00 bits per heavy atom. The molecule has 1 unspecified atom stereocenters. The number of nitrogens with zero attached hydrogens (tertiary/aromatic N) is 2. The number of amides is 1. The van der Waals surface area contributed by atoms with Gasteiger partial charge >= 0.3 is 6.18 Å². The van der Waals surface area contributed by atoms with Crippen LogP contribution in [0.5, 0.6) is 0 Å². The lowest BCUT2D eigenvalue weighted by Gasteiger charge is -2.20. The van der Waals surface area contributed by atoms with Gasteiger partial charge in [-0.25, -0.2) is 0 Å². The molecule has 1 aromatic carbocycles. The molecular weight excluding hydrogens is 337 g/mol. The number of carbonyl (C=O) groups is 1. The number of carbonyl (C=O) groups excluding carboxylic acids is 1. The van der Waals surface area contributed by atoms with Gasteiger partial charge in [0.1, 0.15) is 5.82 Å². The van der Waals surface area contributed by atoms with Gasteiger partial charge in [0.2, 0.25) is 0 Å². The number of benzene rings is 1. The SMILES string of the molecule is CNC(=O)c1ccc(NC(COC)c2cccc(C(F)(F)F)c2)nn1. The normalized spacial score (nSPS) is 12.5. The first-order chi connectivity index (χ1) is 11.8. The lowest BCUT2D eigenvalue weighted by atomic mass is 10.0. The number of anilines is 1. The van der Waals surface area contributed by atoms with Gasteiger partial charge in [-0.1, -0.05) is 12.1 Å². The fourth-order valence-electron chi connectivity index (χ4n) is 2.16. The van der Waals surface area contributed by atoms with Crippen LogP contribution in [0.25, 0.3) is 0 Å².